The van der Waals surface area contributed by atoms with Crippen LogP contribution in [0.15, 0.2) is 53.4 Å². The lowest BCUT2D eigenvalue weighted by Crippen LogP contribution is -2.12. The third kappa shape index (κ3) is 6.23. The number of halogens is 3. The molecular formula is C18H16F3N5O3S2. The van der Waals surface area contributed by atoms with Crippen molar-refractivity contribution in [3.63, 3.8) is 0 Å². The molecule has 0 spiro atoms. The average molecular weight is 471 g/mol. The molecule has 3 rings (SSSR count). The molecule has 0 fully saturated rings. The molecule has 0 saturated heterocycles. The highest BCUT2D eigenvalue weighted by Crippen LogP contribution is 2.29. The van der Waals surface area contributed by atoms with Gasteiger partial charge in [0.2, 0.25) is 20.3 Å². The number of alkyl halides is 3. The van der Waals surface area contributed by atoms with Crippen LogP contribution in [0.5, 0.6) is 0 Å². The summed E-state index contributed by atoms with van der Waals surface area (Å²) in [6, 6.07) is 9.97. The summed E-state index contributed by atoms with van der Waals surface area (Å²) in [5.41, 5.74) is 0.0895. The second kappa shape index (κ2) is 8.99. The number of hydrogen-bond acceptors (Lipinski definition) is 7. The molecule has 0 radical (unpaired) electrons. The molecule has 1 amide bonds. The number of hydrogen-bond donors (Lipinski definition) is 3. The Morgan fingerprint density at radius 1 is 1.00 bits per heavy atom. The zero-order valence-electron chi connectivity index (χ0n) is 15.7. The van der Waals surface area contributed by atoms with Crippen molar-refractivity contribution in [3.8, 4) is 0 Å². The van der Waals surface area contributed by atoms with E-state index in [1.807, 2.05) is 0 Å². The van der Waals surface area contributed by atoms with Crippen LogP contribution in [0.3, 0.4) is 0 Å². The molecule has 31 heavy (non-hydrogen) atoms. The Kier molecular flexibility index (Phi) is 6.57. The van der Waals surface area contributed by atoms with Crippen molar-refractivity contribution in [2.75, 3.05) is 17.2 Å². The van der Waals surface area contributed by atoms with E-state index in [0.29, 0.717) is 18.1 Å². The first-order chi connectivity index (χ1) is 14.5. The standard InChI is InChI=1S/C18H16F3N5O3S2/c19-18(20,21)13-5-3-12(4-6-13)15(27)24-17-26-25-16(30-17)23-10-9-11-1-7-14(8-2-11)31(22,28)29/h1-8H,9-10H2,(H,23,25)(H2,22,28,29)(H,24,26,27). The fourth-order valence-electron chi connectivity index (χ4n) is 2.48. The number of carbonyl (C=O) groups excluding carboxylic acids is 1. The molecule has 2 aromatic carbocycles. The van der Waals surface area contributed by atoms with Crippen molar-refractivity contribution >= 4 is 37.5 Å². The van der Waals surface area contributed by atoms with Crippen molar-refractivity contribution in [2.24, 2.45) is 5.14 Å². The molecule has 164 valence electrons. The van der Waals surface area contributed by atoms with Crippen molar-refractivity contribution < 1.29 is 26.4 Å². The van der Waals surface area contributed by atoms with Gasteiger partial charge in [0.05, 0.1) is 10.5 Å². The Bertz CT molecular complexity index is 1160. The molecule has 0 aliphatic rings. The molecule has 0 saturated carbocycles. The van der Waals surface area contributed by atoms with Crippen LogP contribution in [0, 0.1) is 0 Å². The molecule has 1 heterocycles. The van der Waals surface area contributed by atoms with E-state index in [4.69, 9.17) is 5.14 Å². The lowest BCUT2D eigenvalue weighted by atomic mass is 10.1. The van der Waals surface area contributed by atoms with Gasteiger partial charge in [0, 0.05) is 12.1 Å². The summed E-state index contributed by atoms with van der Waals surface area (Å²) in [6.07, 6.45) is -3.91. The van der Waals surface area contributed by atoms with Crippen LogP contribution in [0.1, 0.15) is 21.5 Å². The Morgan fingerprint density at radius 2 is 1.61 bits per heavy atom. The van der Waals surface area contributed by atoms with Crippen LogP contribution in [-0.4, -0.2) is 31.1 Å². The number of nitrogens with two attached hydrogens (primary N) is 1. The van der Waals surface area contributed by atoms with Crippen LogP contribution in [0.2, 0.25) is 0 Å². The number of anilines is 2. The molecule has 8 nitrogen and oxygen atoms in total. The summed E-state index contributed by atoms with van der Waals surface area (Å²) in [5, 5.41) is 18.9. The van der Waals surface area contributed by atoms with Gasteiger partial charge in [-0.3, -0.25) is 10.1 Å². The molecule has 4 N–H and O–H groups in total. The minimum atomic E-state index is -4.47. The zero-order valence-corrected chi connectivity index (χ0v) is 17.3. The minimum absolute atomic E-state index is 0.0294. The molecule has 3 aromatic rings. The molecule has 0 unspecified atom stereocenters. The molecule has 13 heteroatoms. The van der Waals surface area contributed by atoms with E-state index in [1.54, 1.807) is 12.1 Å². The number of sulfonamides is 1. The highest BCUT2D eigenvalue weighted by Gasteiger charge is 2.30. The summed E-state index contributed by atoms with van der Waals surface area (Å²) in [7, 11) is -3.74. The highest BCUT2D eigenvalue weighted by molar-refractivity contribution is 7.89. The Hall–Kier alpha value is -3.03. The van der Waals surface area contributed by atoms with Gasteiger partial charge in [-0.05, 0) is 48.4 Å². The van der Waals surface area contributed by atoms with Gasteiger partial charge in [0.25, 0.3) is 5.91 Å². The van der Waals surface area contributed by atoms with E-state index in [2.05, 4.69) is 20.8 Å². The van der Waals surface area contributed by atoms with Crippen LogP contribution in [-0.2, 0) is 22.6 Å². The van der Waals surface area contributed by atoms with Crippen molar-refractivity contribution in [2.45, 2.75) is 17.5 Å². The van der Waals surface area contributed by atoms with E-state index in [1.165, 1.54) is 12.1 Å². The topological polar surface area (TPSA) is 127 Å². The number of aromatic nitrogens is 2. The maximum Gasteiger partial charge on any atom is 0.416 e. The highest BCUT2D eigenvalue weighted by atomic mass is 32.2. The number of primary sulfonamides is 1. The molecule has 0 atom stereocenters. The van der Waals surface area contributed by atoms with Gasteiger partial charge >= 0.3 is 6.18 Å². The fourth-order valence-corrected chi connectivity index (χ4v) is 3.66. The van der Waals surface area contributed by atoms with Gasteiger partial charge in [-0.25, -0.2) is 13.6 Å². The van der Waals surface area contributed by atoms with Crippen LogP contribution in [0.25, 0.3) is 0 Å². The first kappa shape index (κ1) is 22.7. The van der Waals surface area contributed by atoms with Crippen molar-refractivity contribution in [1.82, 2.24) is 10.2 Å². The third-order valence-corrected chi connectivity index (χ3v) is 5.79. The fraction of sp³-hybridized carbons (Fsp3) is 0.167. The monoisotopic (exact) mass is 471 g/mol. The van der Waals surface area contributed by atoms with Gasteiger partial charge in [0.15, 0.2) is 0 Å². The lowest BCUT2D eigenvalue weighted by molar-refractivity contribution is -0.137. The zero-order chi connectivity index (χ0) is 22.6. The third-order valence-electron chi connectivity index (χ3n) is 4.06. The second-order valence-corrected chi connectivity index (χ2v) is 8.85. The van der Waals surface area contributed by atoms with Crippen molar-refractivity contribution in [1.29, 1.82) is 0 Å². The molecule has 0 bridgehead atoms. The maximum atomic E-state index is 12.6. The average Bonchev–Trinajstić information content (AvgIpc) is 3.14. The van der Waals surface area contributed by atoms with E-state index in [9.17, 15) is 26.4 Å². The molecular weight excluding hydrogens is 455 g/mol. The number of carbonyl (C=O) groups is 1. The molecule has 0 aliphatic carbocycles. The van der Waals surface area contributed by atoms with E-state index in [-0.39, 0.29) is 15.6 Å². The van der Waals surface area contributed by atoms with Gasteiger partial charge in [-0.1, -0.05) is 23.5 Å². The van der Waals surface area contributed by atoms with Gasteiger partial charge in [-0.2, -0.15) is 13.2 Å². The second-order valence-electron chi connectivity index (χ2n) is 6.31. The Morgan fingerprint density at radius 3 is 2.19 bits per heavy atom. The maximum absolute atomic E-state index is 12.6. The number of benzene rings is 2. The number of rotatable bonds is 7. The number of nitrogens with zero attached hydrogens (tertiary/aromatic N) is 2. The first-order valence-corrected chi connectivity index (χ1v) is 11.1. The normalized spacial score (nSPS) is 11.9. The van der Waals surface area contributed by atoms with Crippen molar-refractivity contribution in [3.05, 3.63) is 65.2 Å². The SMILES string of the molecule is NS(=O)(=O)c1ccc(CCNc2nnc(NC(=O)c3ccc(C(F)(F)F)cc3)s2)cc1. The van der Waals surface area contributed by atoms with Gasteiger partial charge in [-0.15, -0.1) is 10.2 Å². The number of amides is 1. The predicted octanol–water partition coefficient (Wildman–Crippen LogP) is 3.11. The van der Waals surface area contributed by atoms with E-state index in [0.717, 1.165) is 41.2 Å². The Labute approximate surface area is 179 Å². The number of nitrogens with one attached hydrogen (secondary N) is 2. The first-order valence-electron chi connectivity index (χ1n) is 8.70. The quantitative estimate of drug-likeness (QED) is 0.486. The minimum Gasteiger partial charge on any atom is -0.360 e. The van der Waals surface area contributed by atoms with E-state index >= 15 is 0 Å². The van der Waals surface area contributed by atoms with Gasteiger partial charge < -0.3 is 5.32 Å². The molecule has 0 aliphatic heterocycles. The Balaban J connectivity index is 1.51. The molecule has 1 aromatic heterocycles. The van der Waals surface area contributed by atoms with Crippen LogP contribution in [0.4, 0.5) is 23.4 Å². The van der Waals surface area contributed by atoms with Gasteiger partial charge in [0.1, 0.15) is 0 Å². The summed E-state index contributed by atoms with van der Waals surface area (Å²) in [6.45, 7) is 0.468. The summed E-state index contributed by atoms with van der Waals surface area (Å²) in [5.74, 6) is -0.605. The summed E-state index contributed by atoms with van der Waals surface area (Å²) in [4.78, 5) is 12.2. The largest absolute Gasteiger partial charge is 0.416 e. The van der Waals surface area contributed by atoms with Crippen LogP contribution >= 0.6 is 11.3 Å². The summed E-state index contributed by atoms with van der Waals surface area (Å²) < 4.78 is 60.3. The smallest absolute Gasteiger partial charge is 0.360 e. The van der Waals surface area contributed by atoms with E-state index < -0.39 is 27.7 Å². The predicted molar refractivity (Wildman–Crippen MR) is 109 cm³/mol. The summed E-state index contributed by atoms with van der Waals surface area (Å²) >= 11 is 1.06. The lowest BCUT2D eigenvalue weighted by Gasteiger charge is -2.07. The van der Waals surface area contributed by atoms with Crippen LogP contribution < -0.4 is 15.8 Å².